The van der Waals surface area contributed by atoms with Crippen LogP contribution in [0.3, 0.4) is 0 Å². The van der Waals surface area contributed by atoms with Crippen LogP contribution in [0.15, 0.2) is 36.1 Å². The van der Waals surface area contributed by atoms with Crippen molar-refractivity contribution in [3.05, 3.63) is 36.1 Å². The number of hydrogen-bond donors (Lipinski definition) is 2. The van der Waals surface area contributed by atoms with E-state index in [4.69, 9.17) is 24.4 Å². The van der Waals surface area contributed by atoms with Crippen molar-refractivity contribution in [2.75, 3.05) is 0 Å². The first-order valence-electron chi connectivity index (χ1n) is 17.2. The number of esters is 3. The molecule has 0 radical (unpaired) electrons. The zero-order chi connectivity index (χ0) is 33.4. The first-order valence-corrected chi connectivity index (χ1v) is 17.2. The van der Waals surface area contributed by atoms with E-state index in [-0.39, 0.29) is 40.8 Å². The molecular formula is C37H52O9. The standard InChI is InChI=1S/C19H26O4.C14H20O3.C4H6O2/c1-11(3-4-16-10-17(20)22-16)18(21)23-19(2)14-6-12-5-13(8-14)9-15(19)7-12;1-9(8-15)13(16)17-14-5-10-2-11(6-14)4-12(3-10)7-14;1-3(2)4(5)6/h12-16H,1,3-10H2,2H3;8,10-12,15H,2-7H2,1H3;1H2,2H3,(H,5,6). The molecule has 0 amide bonds. The molecule has 0 aromatic rings. The normalized spacial score (nSPS) is 39.0. The van der Waals surface area contributed by atoms with E-state index in [0.29, 0.717) is 42.2 Å². The number of carboxylic acids is 1. The summed E-state index contributed by atoms with van der Waals surface area (Å²) < 4.78 is 16.8. The number of carboxylic acid groups (broad SMARTS) is 1. The molecule has 9 rings (SSSR count). The highest BCUT2D eigenvalue weighted by Crippen LogP contribution is 2.60. The number of rotatable bonds is 8. The molecule has 2 N–H and O–H groups in total. The van der Waals surface area contributed by atoms with Gasteiger partial charge in [0.15, 0.2) is 0 Å². The van der Waals surface area contributed by atoms with Gasteiger partial charge in [-0.05, 0) is 146 Å². The molecule has 0 aromatic carbocycles. The third kappa shape index (κ3) is 7.54. The highest BCUT2D eigenvalue weighted by atomic mass is 16.6. The van der Waals surface area contributed by atoms with Gasteiger partial charge in [0.05, 0.1) is 18.3 Å². The summed E-state index contributed by atoms with van der Waals surface area (Å²) in [7, 11) is 0. The minimum Gasteiger partial charge on any atom is -0.515 e. The van der Waals surface area contributed by atoms with E-state index >= 15 is 0 Å². The molecule has 46 heavy (non-hydrogen) atoms. The molecule has 9 aliphatic rings. The third-order valence-electron chi connectivity index (χ3n) is 12.0. The Labute approximate surface area is 272 Å². The Balaban J connectivity index is 0.000000159. The predicted molar refractivity (Wildman–Crippen MR) is 170 cm³/mol. The van der Waals surface area contributed by atoms with Crippen molar-refractivity contribution < 1.29 is 43.6 Å². The van der Waals surface area contributed by atoms with Gasteiger partial charge in [-0.3, -0.25) is 4.79 Å². The van der Waals surface area contributed by atoms with E-state index in [1.165, 1.54) is 58.3 Å². The van der Waals surface area contributed by atoms with Crippen molar-refractivity contribution in [3.63, 3.8) is 0 Å². The summed E-state index contributed by atoms with van der Waals surface area (Å²) in [6.45, 7) is 12.3. The largest absolute Gasteiger partial charge is 0.515 e. The summed E-state index contributed by atoms with van der Waals surface area (Å²) in [6, 6.07) is 0. The number of hydrogen-bond acceptors (Lipinski definition) is 8. The van der Waals surface area contributed by atoms with Crippen LogP contribution in [-0.2, 0) is 33.4 Å². The van der Waals surface area contributed by atoms with Gasteiger partial charge < -0.3 is 24.4 Å². The van der Waals surface area contributed by atoms with Gasteiger partial charge >= 0.3 is 23.9 Å². The van der Waals surface area contributed by atoms with E-state index in [0.717, 1.165) is 55.1 Å². The highest BCUT2D eigenvalue weighted by molar-refractivity contribution is 5.88. The van der Waals surface area contributed by atoms with Crippen LogP contribution >= 0.6 is 0 Å². The van der Waals surface area contributed by atoms with Gasteiger partial charge in [0.25, 0.3) is 0 Å². The van der Waals surface area contributed by atoms with Crippen LogP contribution < -0.4 is 0 Å². The Morgan fingerprint density at radius 3 is 1.72 bits per heavy atom. The van der Waals surface area contributed by atoms with Crippen LogP contribution in [-0.4, -0.2) is 51.4 Å². The Bertz CT molecular complexity index is 1190. The van der Waals surface area contributed by atoms with E-state index in [1.807, 2.05) is 0 Å². The van der Waals surface area contributed by atoms with Crippen LogP contribution in [0.5, 0.6) is 0 Å². The van der Waals surface area contributed by atoms with Crippen molar-refractivity contribution in [1.29, 1.82) is 0 Å². The van der Waals surface area contributed by atoms with E-state index < -0.39 is 5.97 Å². The molecule has 8 aliphatic carbocycles. The lowest BCUT2D eigenvalue weighted by Gasteiger charge is -2.59. The van der Waals surface area contributed by atoms with Gasteiger partial charge in [-0.1, -0.05) is 13.2 Å². The smallest absolute Gasteiger partial charge is 0.337 e. The second kappa shape index (κ2) is 13.6. The van der Waals surface area contributed by atoms with Gasteiger partial charge in [0, 0.05) is 11.1 Å². The second-order valence-corrected chi connectivity index (χ2v) is 15.7. The number of carbonyl (C=O) groups excluding carboxylic acids is 3. The lowest BCUT2D eigenvalue weighted by molar-refractivity contribution is -0.199. The quantitative estimate of drug-likeness (QED) is 0.124. The third-order valence-corrected chi connectivity index (χ3v) is 12.0. The number of aliphatic hydroxyl groups excluding tert-OH is 1. The Hall–Kier alpha value is -3.10. The fourth-order valence-electron chi connectivity index (χ4n) is 10.0. The van der Waals surface area contributed by atoms with Crippen molar-refractivity contribution in [3.8, 4) is 0 Å². The molecule has 1 saturated heterocycles. The van der Waals surface area contributed by atoms with Crippen molar-refractivity contribution in [1.82, 2.24) is 0 Å². The molecule has 8 saturated carbocycles. The molecule has 9 fully saturated rings. The summed E-state index contributed by atoms with van der Waals surface area (Å²) in [5.41, 5.74) is 0.505. The van der Waals surface area contributed by atoms with E-state index in [9.17, 15) is 19.2 Å². The van der Waals surface area contributed by atoms with Crippen LogP contribution in [0, 0.1) is 41.4 Å². The maximum Gasteiger partial charge on any atom is 0.337 e. The van der Waals surface area contributed by atoms with Gasteiger partial charge in [-0.25, -0.2) is 14.4 Å². The Morgan fingerprint density at radius 1 is 0.848 bits per heavy atom. The van der Waals surface area contributed by atoms with Gasteiger partial charge in [-0.2, -0.15) is 0 Å². The minimum atomic E-state index is -0.935. The molecule has 1 unspecified atom stereocenters. The molecule has 254 valence electrons. The van der Waals surface area contributed by atoms with Crippen LogP contribution in [0.1, 0.15) is 111 Å². The summed E-state index contributed by atoms with van der Waals surface area (Å²) in [4.78, 5) is 44.7. The summed E-state index contributed by atoms with van der Waals surface area (Å²) >= 11 is 0. The topological polar surface area (TPSA) is 136 Å². The molecule has 9 nitrogen and oxygen atoms in total. The Morgan fingerprint density at radius 2 is 1.30 bits per heavy atom. The highest BCUT2D eigenvalue weighted by Gasteiger charge is 2.57. The summed E-state index contributed by atoms with van der Waals surface area (Å²) in [5.74, 6) is 3.43. The summed E-state index contributed by atoms with van der Waals surface area (Å²) in [6.07, 6.45) is 15.9. The van der Waals surface area contributed by atoms with Crippen molar-refractivity contribution >= 4 is 23.9 Å². The fraction of sp³-hybridized carbons (Fsp3) is 0.730. The van der Waals surface area contributed by atoms with Crippen LogP contribution in [0.25, 0.3) is 0 Å². The number of aliphatic carboxylic acids is 1. The zero-order valence-electron chi connectivity index (χ0n) is 27.8. The molecule has 1 atom stereocenters. The van der Waals surface area contributed by atoms with Crippen molar-refractivity contribution in [2.24, 2.45) is 41.4 Å². The van der Waals surface area contributed by atoms with Gasteiger partial charge in [-0.15, -0.1) is 0 Å². The first-order chi connectivity index (χ1) is 21.7. The lowest BCUT2D eigenvalue weighted by atomic mass is 9.50. The van der Waals surface area contributed by atoms with E-state index in [2.05, 4.69) is 20.1 Å². The minimum absolute atomic E-state index is 0.0381. The number of aliphatic hydroxyl groups is 1. The molecule has 0 spiro atoms. The Kier molecular flexibility index (Phi) is 10.1. The van der Waals surface area contributed by atoms with Crippen LogP contribution in [0.4, 0.5) is 0 Å². The molecule has 1 heterocycles. The molecular weight excluding hydrogens is 588 g/mol. The monoisotopic (exact) mass is 640 g/mol. The van der Waals surface area contributed by atoms with E-state index in [1.54, 1.807) is 6.92 Å². The predicted octanol–water partition coefficient (Wildman–Crippen LogP) is 7.00. The number of cyclic esters (lactones) is 1. The number of ether oxygens (including phenoxy) is 3. The van der Waals surface area contributed by atoms with Gasteiger partial charge in [0.1, 0.15) is 17.3 Å². The fourth-order valence-corrected chi connectivity index (χ4v) is 10.0. The average Bonchev–Trinajstić information content (AvgIpc) is 2.96. The SMILES string of the molecule is C=C(C)C(=O)O.C=C(CCC1CC(=O)O1)C(=O)OC1(C)C2CC3CC(C2)CC1C3.CC(=CO)C(=O)OC12CC3CC(CC(C3)C1)C2. The maximum absolute atomic E-state index is 12.5. The summed E-state index contributed by atoms with van der Waals surface area (Å²) in [5, 5.41) is 16.7. The lowest BCUT2D eigenvalue weighted by Crippen LogP contribution is -2.58. The average molecular weight is 641 g/mol. The molecule has 9 heteroatoms. The zero-order valence-corrected chi connectivity index (χ0v) is 27.8. The number of carbonyl (C=O) groups is 4. The first kappa shape index (κ1) is 34.2. The molecule has 1 aliphatic heterocycles. The molecule has 0 aromatic heterocycles. The van der Waals surface area contributed by atoms with Gasteiger partial charge in [0.2, 0.25) is 0 Å². The molecule has 8 bridgehead atoms. The van der Waals surface area contributed by atoms with Crippen molar-refractivity contribution in [2.45, 2.75) is 128 Å². The maximum atomic E-state index is 12.5. The van der Waals surface area contributed by atoms with Crippen LogP contribution in [0.2, 0.25) is 0 Å². The second-order valence-electron chi connectivity index (χ2n) is 15.7.